The molecular formula is C20H20N2O3S2. The molecule has 1 aliphatic rings. The van der Waals surface area contributed by atoms with E-state index in [1.165, 1.54) is 4.31 Å². The van der Waals surface area contributed by atoms with Gasteiger partial charge < -0.3 is 4.90 Å². The number of hydrogen-bond donors (Lipinski definition) is 0. The molecule has 27 heavy (non-hydrogen) atoms. The zero-order valence-electron chi connectivity index (χ0n) is 14.7. The molecule has 5 nitrogen and oxygen atoms in total. The highest BCUT2D eigenvalue weighted by Crippen LogP contribution is 2.23. The summed E-state index contributed by atoms with van der Waals surface area (Å²) >= 11 is 1.56. The molecule has 0 spiro atoms. The highest BCUT2D eigenvalue weighted by atomic mass is 32.2. The van der Waals surface area contributed by atoms with Crippen molar-refractivity contribution in [3.63, 3.8) is 0 Å². The van der Waals surface area contributed by atoms with E-state index in [2.05, 4.69) is 0 Å². The Morgan fingerprint density at radius 2 is 1.67 bits per heavy atom. The predicted octanol–water partition coefficient (Wildman–Crippen LogP) is 2.98. The van der Waals surface area contributed by atoms with Gasteiger partial charge in [-0.15, -0.1) is 11.3 Å². The van der Waals surface area contributed by atoms with Crippen molar-refractivity contribution in [3.8, 4) is 0 Å². The lowest BCUT2D eigenvalue weighted by atomic mass is 10.1. The molecule has 7 heteroatoms. The fraction of sp³-hybridized carbons (Fsp3) is 0.250. The first-order valence-electron chi connectivity index (χ1n) is 8.83. The lowest BCUT2D eigenvalue weighted by Crippen LogP contribution is -2.50. The average molecular weight is 401 g/mol. The van der Waals surface area contributed by atoms with E-state index < -0.39 is 10.0 Å². The molecule has 1 aromatic heterocycles. The smallest absolute Gasteiger partial charge is 0.243 e. The minimum absolute atomic E-state index is 0.0557. The zero-order valence-corrected chi connectivity index (χ0v) is 16.4. The molecule has 0 bridgehead atoms. The van der Waals surface area contributed by atoms with Gasteiger partial charge in [-0.2, -0.15) is 4.31 Å². The van der Waals surface area contributed by atoms with Crippen LogP contribution in [0.2, 0.25) is 0 Å². The number of sulfonamides is 1. The first kappa shape index (κ1) is 18.2. The van der Waals surface area contributed by atoms with Gasteiger partial charge in [-0.05, 0) is 34.4 Å². The van der Waals surface area contributed by atoms with Crippen molar-refractivity contribution in [2.75, 3.05) is 26.2 Å². The van der Waals surface area contributed by atoms with Crippen molar-refractivity contribution in [1.29, 1.82) is 0 Å². The molecule has 3 aromatic rings. The summed E-state index contributed by atoms with van der Waals surface area (Å²) in [7, 11) is -3.56. The van der Waals surface area contributed by atoms with Crippen LogP contribution >= 0.6 is 11.3 Å². The molecule has 0 radical (unpaired) electrons. The van der Waals surface area contributed by atoms with Crippen LogP contribution in [-0.2, 0) is 21.2 Å². The maximum absolute atomic E-state index is 13.0. The number of carbonyl (C=O) groups excluding carboxylic acids is 1. The van der Waals surface area contributed by atoms with Gasteiger partial charge in [0.25, 0.3) is 0 Å². The van der Waals surface area contributed by atoms with Gasteiger partial charge in [0.15, 0.2) is 0 Å². The standard InChI is InChI=1S/C20H20N2O3S2/c23-20(15-18-6-3-13-26-18)21-9-11-22(12-10-21)27(24,25)19-8-7-16-4-1-2-5-17(16)14-19/h1-8,13-14H,9-12,15H2. The molecule has 140 valence electrons. The molecule has 2 aromatic carbocycles. The molecule has 0 saturated carbocycles. The van der Waals surface area contributed by atoms with Crippen LogP contribution in [0, 0.1) is 0 Å². The lowest BCUT2D eigenvalue weighted by molar-refractivity contribution is -0.131. The van der Waals surface area contributed by atoms with Crippen molar-refractivity contribution < 1.29 is 13.2 Å². The quantitative estimate of drug-likeness (QED) is 0.677. The summed E-state index contributed by atoms with van der Waals surface area (Å²) in [5, 5.41) is 3.88. The summed E-state index contributed by atoms with van der Waals surface area (Å²) in [5.41, 5.74) is 0. The molecule has 1 fully saturated rings. The lowest BCUT2D eigenvalue weighted by Gasteiger charge is -2.34. The molecule has 0 unspecified atom stereocenters. The number of thiophene rings is 1. The molecule has 1 saturated heterocycles. The highest BCUT2D eigenvalue weighted by Gasteiger charge is 2.30. The zero-order chi connectivity index (χ0) is 18.9. The average Bonchev–Trinajstić information content (AvgIpc) is 3.20. The second-order valence-corrected chi connectivity index (χ2v) is 9.52. The minimum Gasteiger partial charge on any atom is -0.340 e. The van der Waals surface area contributed by atoms with Crippen LogP contribution in [0.25, 0.3) is 10.8 Å². The minimum atomic E-state index is -3.56. The Labute approximate surface area is 162 Å². The van der Waals surface area contributed by atoms with Crippen LogP contribution in [0.4, 0.5) is 0 Å². The topological polar surface area (TPSA) is 57.7 Å². The second kappa shape index (κ2) is 7.42. The number of amides is 1. The summed E-state index contributed by atoms with van der Waals surface area (Å²) in [6.07, 6.45) is 0.384. The monoisotopic (exact) mass is 400 g/mol. The van der Waals surface area contributed by atoms with Crippen LogP contribution in [-0.4, -0.2) is 49.7 Å². The summed E-state index contributed by atoms with van der Waals surface area (Å²) in [5.74, 6) is 0.0557. The Bertz CT molecular complexity index is 1050. The summed E-state index contributed by atoms with van der Waals surface area (Å²) in [6.45, 7) is 1.50. The fourth-order valence-corrected chi connectivity index (χ4v) is 5.48. The largest absolute Gasteiger partial charge is 0.340 e. The van der Waals surface area contributed by atoms with Gasteiger partial charge in [0, 0.05) is 31.1 Å². The Hall–Kier alpha value is -2.22. The van der Waals surface area contributed by atoms with Crippen molar-refractivity contribution in [2.24, 2.45) is 0 Å². The summed E-state index contributed by atoms with van der Waals surface area (Å²) in [6, 6.07) is 16.8. The molecular weight excluding hydrogens is 380 g/mol. The Morgan fingerprint density at radius 1 is 0.926 bits per heavy atom. The number of benzene rings is 2. The van der Waals surface area contributed by atoms with Crippen molar-refractivity contribution in [2.45, 2.75) is 11.3 Å². The third-order valence-electron chi connectivity index (χ3n) is 4.86. The highest BCUT2D eigenvalue weighted by molar-refractivity contribution is 7.89. The van der Waals surface area contributed by atoms with Gasteiger partial charge in [0.05, 0.1) is 11.3 Å². The van der Waals surface area contributed by atoms with Crippen LogP contribution in [0.3, 0.4) is 0 Å². The number of fused-ring (bicyclic) bond motifs is 1. The molecule has 4 rings (SSSR count). The number of piperazine rings is 1. The van der Waals surface area contributed by atoms with Crippen LogP contribution in [0.5, 0.6) is 0 Å². The molecule has 0 aliphatic carbocycles. The number of rotatable bonds is 4. The van der Waals surface area contributed by atoms with Gasteiger partial charge in [0.2, 0.25) is 15.9 Å². The van der Waals surface area contributed by atoms with Gasteiger partial charge in [-0.25, -0.2) is 8.42 Å². The molecule has 0 N–H and O–H groups in total. The van der Waals surface area contributed by atoms with Gasteiger partial charge >= 0.3 is 0 Å². The molecule has 1 amide bonds. The predicted molar refractivity (Wildman–Crippen MR) is 107 cm³/mol. The normalized spacial score (nSPS) is 15.9. The van der Waals surface area contributed by atoms with Crippen molar-refractivity contribution >= 4 is 38.0 Å². The van der Waals surface area contributed by atoms with Gasteiger partial charge in [-0.1, -0.05) is 36.4 Å². The molecule has 0 atom stereocenters. The third kappa shape index (κ3) is 3.76. The van der Waals surface area contributed by atoms with Crippen molar-refractivity contribution in [3.05, 3.63) is 64.9 Å². The van der Waals surface area contributed by atoms with E-state index in [1.54, 1.807) is 28.4 Å². The molecule has 2 heterocycles. The van der Waals surface area contributed by atoms with Gasteiger partial charge in [0.1, 0.15) is 0 Å². The van der Waals surface area contributed by atoms with E-state index in [-0.39, 0.29) is 5.91 Å². The maximum atomic E-state index is 13.0. The van der Waals surface area contributed by atoms with E-state index in [1.807, 2.05) is 47.8 Å². The Kier molecular flexibility index (Phi) is 4.99. The van der Waals surface area contributed by atoms with Gasteiger partial charge in [-0.3, -0.25) is 4.79 Å². The van der Waals surface area contributed by atoms with Crippen LogP contribution < -0.4 is 0 Å². The van der Waals surface area contributed by atoms with E-state index in [0.29, 0.717) is 37.5 Å². The van der Waals surface area contributed by atoms with E-state index >= 15 is 0 Å². The molecule has 1 aliphatic heterocycles. The van der Waals surface area contributed by atoms with Crippen LogP contribution in [0.15, 0.2) is 64.9 Å². The second-order valence-electron chi connectivity index (χ2n) is 6.55. The number of nitrogens with zero attached hydrogens (tertiary/aromatic N) is 2. The van der Waals surface area contributed by atoms with Crippen LogP contribution in [0.1, 0.15) is 4.88 Å². The van der Waals surface area contributed by atoms with E-state index in [0.717, 1.165) is 15.6 Å². The van der Waals surface area contributed by atoms with E-state index in [4.69, 9.17) is 0 Å². The van der Waals surface area contributed by atoms with Crippen molar-refractivity contribution in [1.82, 2.24) is 9.21 Å². The maximum Gasteiger partial charge on any atom is 0.243 e. The first-order valence-corrected chi connectivity index (χ1v) is 11.2. The fourth-order valence-electron chi connectivity index (χ4n) is 3.33. The van der Waals surface area contributed by atoms with E-state index in [9.17, 15) is 13.2 Å². The third-order valence-corrected chi connectivity index (χ3v) is 7.63. The SMILES string of the molecule is O=C(Cc1cccs1)N1CCN(S(=O)(=O)c2ccc3ccccc3c2)CC1. The Morgan fingerprint density at radius 3 is 2.37 bits per heavy atom. The number of carbonyl (C=O) groups is 1. The summed E-state index contributed by atoms with van der Waals surface area (Å²) < 4.78 is 27.5. The Balaban J connectivity index is 1.45. The summed E-state index contributed by atoms with van der Waals surface area (Å²) in [4.78, 5) is 15.5. The number of hydrogen-bond acceptors (Lipinski definition) is 4. The first-order chi connectivity index (χ1) is 13.0.